The van der Waals surface area contributed by atoms with Crippen molar-refractivity contribution in [3.8, 4) is 5.75 Å². The van der Waals surface area contributed by atoms with E-state index in [1.54, 1.807) is 24.3 Å². The molecule has 0 aromatic heterocycles. The Morgan fingerprint density at radius 3 is 2.52 bits per heavy atom. The predicted molar refractivity (Wildman–Crippen MR) is 77.1 cm³/mol. The quantitative estimate of drug-likeness (QED) is 0.781. The number of nitrogens with two attached hydrogens (primary N) is 1. The molecule has 0 fully saturated rings. The molecule has 0 bridgehead atoms. The summed E-state index contributed by atoms with van der Waals surface area (Å²) in [7, 11) is -3.77. The number of phenolic OH excluding ortho intramolecular Hbond substituents is 1. The molecule has 0 heterocycles. The van der Waals surface area contributed by atoms with E-state index in [0.29, 0.717) is 11.1 Å². The SMILES string of the molecule is NS(=O)(=O)c1cccc(CNC(=O)c2cccc(O)c2)c1. The second-order valence-corrected chi connectivity index (χ2v) is 5.99. The number of aromatic hydroxyl groups is 1. The van der Waals surface area contributed by atoms with Gasteiger partial charge in [-0.05, 0) is 35.9 Å². The van der Waals surface area contributed by atoms with Gasteiger partial charge in [-0.3, -0.25) is 4.79 Å². The number of carbonyl (C=O) groups excluding carboxylic acids is 1. The Labute approximate surface area is 122 Å². The van der Waals surface area contributed by atoms with Crippen molar-refractivity contribution in [3.05, 3.63) is 59.7 Å². The van der Waals surface area contributed by atoms with E-state index in [4.69, 9.17) is 5.14 Å². The van der Waals surface area contributed by atoms with E-state index in [2.05, 4.69) is 5.32 Å². The minimum atomic E-state index is -3.77. The van der Waals surface area contributed by atoms with Crippen LogP contribution in [0.2, 0.25) is 0 Å². The first-order chi connectivity index (χ1) is 9.86. The topological polar surface area (TPSA) is 109 Å². The van der Waals surface area contributed by atoms with Gasteiger partial charge in [0.1, 0.15) is 5.75 Å². The zero-order chi connectivity index (χ0) is 15.5. The molecule has 0 aliphatic rings. The summed E-state index contributed by atoms with van der Waals surface area (Å²) in [6.45, 7) is 0.151. The third kappa shape index (κ3) is 4.04. The van der Waals surface area contributed by atoms with E-state index in [-0.39, 0.29) is 23.1 Å². The van der Waals surface area contributed by atoms with Crippen molar-refractivity contribution in [1.29, 1.82) is 0 Å². The zero-order valence-electron chi connectivity index (χ0n) is 11.0. The number of nitrogens with one attached hydrogen (secondary N) is 1. The van der Waals surface area contributed by atoms with Crippen LogP contribution in [0.25, 0.3) is 0 Å². The van der Waals surface area contributed by atoms with Gasteiger partial charge in [0.2, 0.25) is 10.0 Å². The Bertz CT molecular complexity index is 772. The monoisotopic (exact) mass is 306 g/mol. The second-order valence-electron chi connectivity index (χ2n) is 4.43. The lowest BCUT2D eigenvalue weighted by Crippen LogP contribution is -2.23. The largest absolute Gasteiger partial charge is 0.508 e. The molecule has 110 valence electrons. The van der Waals surface area contributed by atoms with Crippen LogP contribution in [0.15, 0.2) is 53.4 Å². The maximum atomic E-state index is 11.9. The second kappa shape index (κ2) is 5.94. The maximum Gasteiger partial charge on any atom is 0.251 e. The highest BCUT2D eigenvalue weighted by atomic mass is 32.2. The highest BCUT2D eigenvalue weighted by Crippen LogP contribution is 2.12. The summed E-state index contributed by atoms with van der Waals surface area (Å²) in [5, 5.41) is 17.0. The molecule has 2 aromatic rings. The lowest BCUT2D eigenvalue weighted by Gasteiger charge is -2.07. The third-order valence-corrected chi connectivity index (χ3v) is 3.70. The van der Waals surface area contributed by atoms with E-state index in [9.17, 15) is 18.3 Å². The summed E-state index contributed by atoms with van der Waals surface area (Å²) < 4.78 is 22.5. The van der Waals surface area contributed by atoms with Gasteiger partial charge < -0.3 is 10.4 Å². The van der Waals surface area contributed by atoms with Gasteiger partial charge in [-0.25, -0.2) is 13.6 Å². The molecule has 6 nitrogen and oxygen atoms in total. The molecular formula is C14H14N2O4S. The molecule has 0 aliphatic heterocycles. The standard InChI is InChI=1S/C14H14N2O4S/c15-21(19,20)13-6-1-3-10(7-13)9-16-14(18)11-4-2-5-12(17)8-11/h1-8,17H,9H2,(H,16,18)(H2,15,19,20). The molecule has 0 unspecified atom stereocenters. The van der Waals surface area contributed by atoms with Crippen LogP contribution in [0.1, 0.15) is 15.9 Å². The summed E-state index contributed by atoms with van der Waals surface area (Å²) in [4.78, 5) is 11.9. The number of primary sulfonamides is 1. The van der Waals surface area contributed by atoms with E-state index in [1.165, 1.54) is 24.3 Å². The summed E-state index contributed by atoms with van der Waals surface area (Å²) in [5.41, 5.74) is 0.924. The van der Waals surface area contributed by atoms with Gasteiger partial charge in [-0.15, -0.1) is 0 Å². The minimum Gasteiger partial charge on any atom is -0.508 e. The Morgan fingerprint density at radius 2 is 1.86 bits per heavy atom. The molecule has 4 N–H and O–H groups in total. The maximum absolute atomic E-state index is 11.9. The Morgan fingerprint density at radius 1 is 1.14 bits per heavy atom. The minimum absolute atomic E-state index is 0.00104. The van der Waals surface area contributed by atoms with Crippen LogP contribution in [0.5, 0.6) is 5.75 Å². The Hall–Kier alpha value is -2.38. The van der Waals surface area contributed by atoms with Crippen LogP contribution in [-0.2, 0) is 16.6 Å². The van der Waals surface area contributed by atoms with Crippen molar-refractivity contribution in [2.45, 2.75) is 11.4 Å². The normalized spacial score (nSPS) is 11.1. The summed E-state index contributed by atoms with van der Waals surface area (Å²) in [5.74, 6) is -0.370. The van der Waals surface area contributed by atoms with Gasteiger partial charge in [0.15, 0.2) is 0 Å². The lowest BCUT2D eigenvalue weighted by molar-refractivity contribution is 0.0950. The van der Waals surface area contributed by atoms with E-state index in [1.807, 2.05) is 0 Å². The molecule has 2 rings (SSSR count). The summed E-state index contributed by atoms with van der Waals surface area (Å²) >= 11 is 0. The number of carbonyl (C=O) groups is 1. The molecule has 0 aliphatic carbocycles. The highest BCUT2D eigenvalue weighted by molar-refractivity contribution is 7.89. The van der Waals surface area contributed by atoms with Crippen LogP contribution >= 0.6 is 0 Å². The first kappa shape index (κ1) is 15.0. The first-order valence-corrected chi connectivity index (χ1v) is 7.60. The fourth-order valence-electron chi connectivity index (χ4n) is 1.76. The van der Waals surface area contributed by atoms with Crippen LogP contribution < -0.4 is 10.5 Å². The van der Waals surface area contributed by atoms with Gasteiger partial charge in [-0.1, -0.05) is 18.2 Å². The molecule has 0 saturated heterocycles. The average Bonchev–Trinajstić information content (AvgIpc) is 2.44. The summed E-state index contributed by atoms with van der Waals surface area (Å²) in [6, 6.07) is 11.9. The molecular weight excluding hydrogens is 292 g/mol. The van der Waals surface area contributed by atoms with Gasteiger partial charge >= 0.3 is 0 Å². The molecule has 2 aromatic carbocycles. The smallest absolute Gasteiger partial charge is 0.251 e. The van der Waals surface area contributed by atoms with Crippen LogP contribution in [0.3, 0.4) is 0 Å². The molecule has 0 spiro atoms. The average molecular weight is 306 g/mol. The molecule has 0 saturated carbocycles. The number of benzene rings is 2. The van der Waals surface area contributed by atoms with Gasteiger partial charge in [0.05, 0.1) is 4.90 Å². The zero-order valence-corrected chi connectivity index (χ0v) is 11.8. The number of phenols is 1. The van der Waals surface area contributed by atoms with Crippen molar-refractivity contribution < 1.29 is 18.3 Å². The number of hydrogen-bond donors (Lipinski definition) is 3. The van der Waals surface area contributed by atoms with E-state index in [0.717, 1.165) is 0 Å². The number of rotatable bonds is 4. The molecule has 0 atom stereocenters. The Balaban J connectivity index is 2.08. The third-order valence-electron chi connectivity index (χ3n) is 2.79. The number of sulfonamides is 1. The lowest BCUT2D eigenvalue weighted by atomic mass is 10.2. The predicted octanol–water partition coefficient (Wildman–Crippen LogP) is 0.970. The van der Waals surface area contributed by atoms with Gasteiger partial charge in [-0.2, -0.15) is 0 Å². The highest BCUT2D eigenvalue weighted by Gasteiger charge is 2.09. The molecule has 7 heteroatoms. The fraction of sp³-hybridized carbons (Fsp3) is 0.0714. The van der Waals surface area contributed by atoms with Crippen molar-refractivity contribution in [2.75, 3.05) is 0 Å². The van der Waals surface area contributed by atoms with E-state index >= 15 is 0 Å². The molecule has 1 amide bonds. The van der Waals surface area contributed by atoms with Crippen LogP contribution in [-0.4, -0.2) is 19.4 Å². The van der Waals surface area contributed by atoms with Crippen molar-refractivity contribution in [1.82, 2.24) is 5.32 Å². The van der Waals surface area contributed by atoms with Crippen LogP contribution in [0.4, 0.5) is 0 Å². The number of hydrogen-bond acceptors (Lipinski definition) is 4. The molecule has 0 radical (unpaired) electrons. The van der Waals surface area contributed by atoms with Gasteiger partial charge in [0, 0.05) is 12.1 Å². The fourth-order valence-corrected chi connectivity index (χ4v) is 2.35. The van der Waals surface area contributed by atoms with Gasteiger partial charge in [0.25, 0.3) is 5.91 Å². The summed E-state index contributed by atoms with van der Waals surface area (Å²) in [6.07, 6.45) is 0. The van der Waals surface area contributed by atoms with Crippen molar-refractivity contribution in [2.24, 2.45) is 5.14 Å². The molecule has 21 heavy (non-hydrogen) atoms. The first-order valence-electron chi connectivity index (χ1n) is 6.05. The number of amides is 1. The van der Waals surface area contributed by atoms with E-state index < -0.39 is 10.0 Å². The van der Waals surface area contributed by atoms with Crippen LogP contribution in [0, 0.1) is 0 Å². The van der Waals surface area contributed by atoms with Crippen molar-refractivity contribution >= 4 is 15.9 Å². The van der Waals surface area contributed by atoms with Crippen molar-refractivity contribution in [3.63, 3.8) is 0 Å². The Kier molecular flexibility index (Phi) is 4.25.